The van der Waals surface area contributed by atoms with E-state index in [2.05, 4.69) is 10.3 Å². The number of nitrogens with zero attached hydrogens (tertiary/aromatic N) is 1. The van der Waals surface area contributed by atoms with E-state index >= 15 is 0 Å². The highest BCUT2D eigenvalue weighted by molar-refractivity contribution is 5.97. The van der Waals surface area contributed by atoms with Crippen molar-refractivity contribution >= 4 is 28.5 Å². The standard InChI is InChI=1S/C18H22N2O3/c1-11-9-12(2)19-15-6-5-13(10-14(11)15)20-17(23)18(3,4)8-7-16(21)22/h5-6,9-10H,7-8H2,1-4H3,(H,20,23)(H,21,22). The van der Waals surface area contributed by atoms with Crippen molar-refractivity contribution in [3.8, 4) is 0 Å². The molecule has 0 aliphatic heterocycles. The Bertz CT molecular complexity index is 766. The van der Waals surface area contributed by atoms with Crippen molar-refractivity contribution in [1.82, 2.24) is 4.98 Å². The van der Waals surface area contributed by atoms with Gasteiger partial charge in [0.2, 0.25) is 5.91 Å². The number of rotatable bonds is 5. The number of benzene rings is 1. The Labute approximate surface area is 135 Å². The van der Waals surface area contributed by atoms with Crippen molar-refractivity contribution in [2.75, 3.05) is 5.32 Å². The van der Waals surface area contributed by atoms with E-state index in [-0.39, 0.29) is 12.3 Å². The Morgan fingerprint density at radius 2 is 1.91 bits per heavy atom. The molecule has 0 aliphatic carbocycles. The van der Waals surface area contributed by atoms with Crippen LogP contribution in [0.1, 0.15) is 37.9 Å². The van der Waals surface area contributed by atoms with Crippen LogP contribution in [0.25, 0.3) is 10.9 Å². The Hall–Kier alpha value is -2.43. The lowest BCUT2D eigenvalue weighted by atomic mass is 9.86. The van der Waals surface area contributed by atoms with Gasteiger partial charge in [0.05, 0.1) is 5.52 Å². The van der Waals surface area contributed by atoms with E-state index in [0.29, 0.717) is 12.1 Å². The van der Waals surface area contributed by atoms with Gasteiger partial charge in [-0.3, -0.25) is 14.6 Å². The average Bonchev–Trinajstić information content (AvgIpc) is 2.45. The second kappa shape index (κ2) is 6.36. The van der Waals surface area contributed by atoms with Crippen molar-refractivity contribution in [3.05, 3.63) is 35.5 Å². The molecular weight excluding hydrogens is 292 g/mol. The zero-order valence-corrected chi connectivity index (χ0v) is 13.9. The summed E-state index contributed by atoms with van der Waals surface area (Å²) in [4.78, 5) is 27.6. The van der Waals surface area contributed by atoms with E-state index in [4.69, 9.17) is 5.11 Å². The maximum absolute atomic E-state index is 12.4. The SMILES string of the molecule is Cc1cc(C)c2cc(NC(=O)C(C)(C)CCC(=O)O)ccc2n1. The van der Waals surface area contributed by atoms with Crippen LogP contribution in [0.3, 0.4) is 0 Å². The van der Waals surface area contributed by atoms with Crippen LogP contribution in [0, 0.1) is 19.3 Å². The van der Waals surface area contributed by atoms with Crippen LogP contribution >= 0.6 is 0 Å². The second-order valence-electron chi connectivity index (χ2n) is 6.54. The summed E-state index contributed by atoms with van der Waals surface area (Å²) >= 11 is 0. The number of carboxylic acids is 1. The summed E-state index contributed by atoms with van der Waals surface area (Å²) in [7, 11) is 0. The first-order valence-electron chi connectivity index (χ1n) is 7.60. The molecule has 0 aliphatic rings. The molecule has 2 aromatic rings. The maximum Gasteiger partial charge on any atom is 0.303 e. The van der Waals surface area contributed by atoms with Gasteiger partial charge >= 0.3 is 5.97 Å². The summed E-state index contributed by atoms with van der Waals surface area (Å²) in [5.74, 6) is -1.08. The number of hydrogen-bond donors (Lipinski definition) is 2. The largest absolute Gasteiger partial charge is 0.481 e. The number of nitrogens with one attached hydrogen (secondary N) is 1. The van der Waals surface area contributed by atoms with Gasteiger partial charge in [0, 0.05) is 28.6 Å². The Morgan fingerprint density at radius 3 is 2.57 bits per heavy atom. The van der Waals surface area contributed by atoms with Crippen LogP contribution in [-0.4, -0.2) is 22.0 Å². The third-order valence-electron chi connectivity index (χ3n) is 3.98. The van der Waals surface area contributed by atoms with E-state index in [1.165, 1.54) is 0 Å². The highest BCUT2D eigenvalue weighted by Gasteiger charge is 2.28. The van der Waals surface area contributed by atoms with E-state index in [9.17, 15) is 9.59 Å². The van der Waals surface area contributed by atoms with E-state index in [1.54, 1.807) is 13.8 Å². The third kappa shape index (κ3) is 4.06. The summed E-state index contributed by atoms with van der Waals surface area (Å²) in [6.07, 6.45) is 0.266. The minimum Gasteiger partial charge on any atom is -0.481 e. The Morgan fingerprint density at radius 1 is 1.22 bits per heavy atom. The molecule has 0 saturated heterocycles. The Balaban J connectivity index is 2.21. The lowest BCUT2D eigenvalue weighted by Gasteiger charge is -2.23. The molecule has 1 amide bonds. The molecule has 0 fully saturated rings. The molecule has 0 bridgehead atoms. The number of carboxylic acid groups (broad SMARTS) is 1. The molecule has 1 heterocycles. The first-order chi connectivity index (χ1) is 10.7. The van der Waals surface area contributed by atoms with Crippen molar-refractivity contribution in [1.29, 1.82) is 0 Å². The molecule has 1 aromatic heterocycles. The van der Waals surface area contributed by atoms with Crippen molar-refractivity contribution < 1.29 is 14.7 Å². The number of pyridine rings is 1. The van der Waals surface area contributed by atoms with Gasteiger partial charge in [-0.2, -0.15) is 0 Å². The van der Waals surface area contributed by atoms with Gasteiger partial charge in [0.15, 0.2) is 0 Å². The first-order valence-corrected chi connectivity index (χ1v) is 7.60. The molecule has 23 heavy (non-hydrogen) atoms. The number of anilines is 1. The maximum atomic E-state index is 12.4. The molecule has 122 valence electrons. The van der Waals surface area contributed by atoms with Crippen molar-refractivity contribution in [2.45, 2.75) is 40.5 Å². The number of hydrogen-bond acceptors (Lipinski definition) is 3. The van der Waals surface area contributed by atoms with Gasteiger partial charge in [0.1, 0.15) is 0 Å². The molecule has 0 saturated carbocycles. The fourth-order valence-electron chi connectivity index (χ4n) is 2.47. The zero-order valence-electron chi connectivity index (χ0n) is 13.9. The van der Waals surface area contributed by atoms with Crippen molar-refractivity contribution in [2.24, 2.45) is 5.41 Å². The zero-order chi connectivity index (χ0) is 17.2. The molecule has 0 radical (unpaired) electrons. The fourth-order valence-corrected chi connectivity index (χ4v) is 2.47. The van der Waals surface area contributed by atoms with Crippen LogP contribution in [0.5, 0.6) is 0 Å². The summed E-state index contributed by atoms with van der Waals surface area (Å²) < 4.78 is 0. The van der Waals surface area contributed by atoms with Gasteiger partial charge in [-0.1, -0.05) is 13.8 Å². The number of aromatic nitrogens is 1. The molecule has 2 N–H and O–H groups in total. The topological polar surface area (TPSA) is 79.3 Å². The number of aryl methyl sites for hydroxylation is 2. The highest BCUT2D eigenvalue weighted by atomic mass is 16.4. The predicted molar refractivity (Wildman–Crippen MR) is 90.5 cm³/mol. The average molecular weight is 314 g/mol. The fraction of sp³-hybridized carbons (Fsp3) is 0.389. The van der Waals surface area contributed by atoms with Gasteiger partial charge < -0.3 is 10.4 Å². The molecule has 2 rings (SSSR count). The first kappa shape index (κ1) is 16.9. The van der Waals surface area contributed by atoms with Crippen LogP contribution in [0.2, 0.25) is 0 Å². The smallest absolute Gasteiger partial charge is 0.303 e. The number of carbonyl (C=O) groups is 2. The van der Waals surface area contributed by atoms with E-state index < -0.39 is 11.4 Å². The molecule has 0 unspecified atom stereocenters. The summed E-state index contributed by atoms with van der Waals surface area (Å²) in [6.45, 7) is 7.47. The monoisotopic (exact) mass is 314 g/mol. The van der Waals surface area contributed by atoms with Gasteiger partial charge in [-0.25, -0.2) is 0 Å². The quantitative estimate of drug-likeness (QED) is 0.882. The lowest BCUT2D eigenvalue weighted by molar-refractivity contribution is -0.138. The summed E-state index contributed by atoms with van der Waals surface area (Å²) in [6, 6.07) is 7.61. The number of aliphatic carboxylic acids is 1. The highest BCUT2D eigenvalue weighted by Crippen LogP contribution is 2.26. The number of fused-ring (bicyclic) bond motifs is 1. The number of amides is 1. The van der Waals surface area contributed by atoms with Crippen LogP contribution in [-0.2, 0) is 9.59 Å². The molecule has 0 spiro atoms. The molecule has 5 heteroatoms. The van der Waals surface area contributed by atoms with Crippen LogP contribution in [0.15, 0.2) is 24.3 Å². The van der Waals surface area contributed by atoms with Crippen LogP contribution < -0.4 is 5.32 Å². The van der Waals surface area contributed by atoms with E-state index in [0.717, 1.165) is 22.2 Å². The van der Waals surface area contributed by atoms with E-state index in [1.807, 2.05) is 38.1 Å². The number of carbonyl (C=O) groups excluding carboxylic acids is 1. The predicted octanol–water partition coefficient (Wildman–Crippen LogP) is 3.68. The third-order valence-corrected chi connectivity index (χ3v) is 3.98. The second-order valence-corrected chi connectivity index (χ2v) is 6.54. The van der Waals surface area contributed by atoms with Crippen molar-refractivity contribution in [3.63, 3.8) is 0 Å². The normalized spacial score (nSPS) is 11.5. The molecule has 1 aromatic carbocycles. The minimum atomic E-state index is -0.895. The van der Waals surface area contributed by atoms with Gasteiger partial charge in [-0.05, 0) is 50.1 Å². The lowest BCUT2D eigenvalue weighted by Crippen LogP contribution is -2.31. The van der Waals surface area contributed by atoms with Crippen LogP contribution in [0.4, 0.5) is 5.69 Å². The molecular formula is C18H22N2O3. The van der Waals surface area contributed by atoms with Gasteiger partial charge in [-0.15, -0.1) is 0 Å². The summed E-state index contributed by atoms with van der Waals surface area (Å²) in [5, 5.41) is 12.7. The van der Waals surface area contributed by atoms with Gasteiger partial charge in [0.25, 0.3) is 0 Å². The molecule has 5 nitrogen and oxygen atoms in total. The minimum absolute atomic E-state index is 0.0273. The summed E-state index contributed by atoms with van der Waals surface area (Å²) in [5.41, 5.74) is 2.91. The molecule has 0 atom stereocenters. The Kier molecular flexibility index (Phi) is 4.68.